The van der Waals surface area contributed by atoms with Crippen molar-refractivity contribution in [2.45, 2.75) is 38.3 Å². The summed E-state index contributed by atoms with van der Waals surface area (Å²) in [6.07, 6.45) is 2.49. The van der Waals surface area contributed by atoms with Crippen LogP contribution in [-0.4, -0.2) is 35.5 Å². The van der Waals surface area contributed by atoms with Crippen LogP contribution in [-0.2, 0) is 11.2 Å². The SMILES string of the molecule is C[C@@H](N)Cc1ccc(N2C(=O)[C@@H]3CCCN3C2=O)cc1. The highest BCUT2D eigenvalue weighted by atomic mass is 16.2. The van der Waals surface area contributed by atoms with Gasteiger partial charge in [-0.3, -0.25) is 4.79 Å². The smallest absolute Gasteiger partial charge is 0.328 e. The van der Waals surface area contributed by atoms with E-state index in [0.29, 0.717) is 12.2 Å². The van der Waals surface area contributed by atoms with E-state index in [-0.39, 0.29) is 24.0 Å². The molecule has 0 aromatic heterocycles. The molecule has 5 nitrogen and oxygen atoms in total. The molecule has 1 aromatic carbocycles. The quantitative estimate of drug-likeness (QED) is 0.849. The van der Waals surface area contributed by atoms with Crippen molar-refractivity contribution in [1.82, 2.24) is 4.90 Å². The monoisotopic (exact) mass is 273 g/mol. The highest BCUT2D eigenvalue weighted by Gasteiger charge is 2.47. The first-order chi connectivity index (χ1) is 9.58. The van der Waals surface area contributed by atoms with Gasteiger partial charge in [0.25, 0.3) is 5.91 Å². The third kappa shape index (κ3) is 2.08. The maximum atomic E-state index is 12.3. The second kappa shape index (κ2) is 4.90. The Morgan fingerprint density at radius 3 is 2.60 bits per heavy atom. The Morgan fingerprint density at radius 1 is 1.30 bits per heavy atom. The number of nitrogens with two attached hydrogens (primary N) is 1. The van der Waals surface area contributed by atoms with Crippen LogP contribution in [0, 0.1) is 0 Å². The summed E-state index contributed by atoms with van der Waals surface area (Å²) in [7, 11) is 0. The standard InChI is InChI=1S/C15H19N3O2/c1-10(16)9-11-4-6-12(7-5-11)18-14(19)13-3-2-8-17(13)15(18)20/h4-7,10,13H,2-3,8-9,16H2,1H3/t10-,13+/m1/s1. The molecule has 0 unspecified atom stereocenters. The van der Waals surface area contributed by atoms with Crippen LogP contribution in [0.2, 0.25) is 0 Å². The number of carbonyl (C=O) groups excluding carboxylic acids is 2. The molecule has 1 aromatic rings. The number of carbonyl (C=O) groups is 2. The molecule has 5 heteroatoms. The predicted molar refractivity (Wildman–Crippen MR) is 76.4 cm³/mol. The first-order valence-electron chi connectivity index (χ1n) is 7.07. The summed E-state index contributed by atoms with van der Waals surface area (Å²) in [6, 6.07) is 7.20. The number of nitrogens with zero attached hydrogens (tertiary/aromatic N) is 2. The molecule has 2 aliphatic heterocycles. The van der Waals surface area contributed by atoms with Gasteiger partial charge in [-0.25, -0.2) is 9.69 Å². The van der Waals surface area contributed by atoms with Gasteiger partial charge in [0.05, 0.1) is 5.69 Å². The lowest BCUT2D eigenvalue weighted by atomic mass is 10.1. The van der Waals surface area contributed by atoms with E-state index in [1.165, 1.54) is 4.90 Å². The van der Waals surface area contributed by atoms with E-state index in [0.717, 1.165) is 24.8 Å². The van der Waals surface area contributed by atoms with Crippen molar-refractivity contribution < 1.29 is 9.59 Å². The second-order valence-corrected chi connectivity index (χ2v) is 5.66. The molecule has 2 atom stereocenters. The number of hydrogen-bond donors (Lipinski definition) is 1. The number of imide groups is 1. The average molecular weight is 273 g/mol. The van der Waals surface area contributed by atoms with Crippen molar-refractivity contribution in [2.75, 3.05) is 11.4 Å². The van der Waals surface area contributed by atoms with Crippen LogP contribution in [0.25, 0.3) is 0 Å². The molecule has 2 fully saturated rings. The summed E-state index contributed by atoms with van der Waals surface area (Å²) in [6.45, 7) is 2.64. The zero-order valence-corrected chi connectivity index (χ0v) is 11.6. The van der Waals surface area contributed by atoms with Gasteiger partial charge in [-0.15, -0.1) is 0 Å². The lowest BCUT2D eigenvalue weighted by Gasteiger charge is -2.16. The number of anilines is 1. The van der Waals surface area contributed by atoms with Crippen molar-refractivity contribution in [3.8, 4) is 0 Å². The van der Waals surface area contributed by atoms with Gasteiger partial charge in [-0.05, 0) is 43.9 Å². The highest BCUT2D eigenvalue weighted by Crippen LogP contribution is 2.31. The Balaban J connectivity index is 1.82. The minimum absolute atomic E-state index is 0.0903. The molecule has 0 aliphatic carbocycles. The van der Waals surface area contributed by atoms with Gasteiger partial charge in [0.1, 0.15) is 6.04 Å². The zero-order valence-electron chi connectivity index (χ0n) is 11.6. The molecule has 3 rings (SSSR count). The minimum atomic E-state index is -0.244. The van der Waals surface area contributed by atoms with Crippen LogP contribution in [0.15, 0.2) is 24.3 Å². The van der Waals surface area contributed by atoms with Gasteiger partial charge in [0, 0.05) is 12.6 Å². The lowest BCUT2D eigenvalue weighted by molar-refractivity contribution is -0.119. The Kier molecular flexibility index (Phi) is 3.22. The van der Waals surface area contributed by atoms with E-state index in [9.17, 15) is 9.59 Å². The van der Waals surface area contributed by atoms with Crippen molar-refractivity contribution >= 4 is 17.6 Å². The molecule has 0 saturated carbocycles. The third-order valence-corrected chi connectivity index (χ3v) is 3.95. The largest absolute Gasteiger partial charge is 0.332 e. The number of hydrogen-bond acceptors (Lipinski definition) is 3. The number of urea groups is 1. The van der Waals surface area contributed by atoms with Crippen LogP contribution in [0.1, 0.15) is 25.3 Å². The predicted octanol–water partition coefficient (Wildman–Crippen LogP) is 1.51. The molecular weight excluding hydrogens is 254 g/mol. The van der Waals surface area contributed by atoms with Crippen LogP contribution in [0.3, 0.4) is 0 Å². The molecule has 2 aliphatic rings. The second-order valence-electron chi connectivity index (χ2n) is 5.66. The molecular formula is C15H19N3O2. The summed E-state index contributed by atoms with van der Waals surface area (Å²) in [5.41, 5.74) is 7.54. The molecule has 0 radical (unpaired) electrons. The van der Waals surface area contributed by atoms with E-state index in [1.54, 1.807) is 4.90 Å². The molecule has 2 heterocycles. The number of rotatable bonds is 3. The first-order valence-corrected chi connectivity index (χ1v) is 7.07. The number of amides is 3. The summed E-state index contributed by atoms with van der Waals surface area (Å²) < 4.78 is 0. The first kappa shape index (κ1) is 13.1. The number of benzene rings is 1. The summed E-state index contributed by atoms with van der Waals surface area (Å²) in [5.74, 6) is -0.0903. The van der Waals surface area contributed by atoms with Crippen molar-refractivity contribution in [3.63, 3.8) is 0 Å². The van der Waals surface area contributed by atoms with Crippen molar-refractivity contribution in [2.24, 2.45) is 5.73 Å². The van der Waals surface area contributed by atoms with E-state index in [4.69, 9.17) is 5.73 Å². The van der Waals surface area contributed by atoms with Gasteiger partial charge < -0.3 is 10.6 Å². The van der Waals surface area contributed by atoms with Crippen LogP contribution >= 0.6 is 0 Å². The van der Waals surface area contributed by atoms with E-state index >= 15 is 0 Å². The Bertz CT molecular complexity index is 517. The van der Waals surface area contributed by atoms with Crippen LogP contribution in [0.5, 0.6) is 0 Å². The van der Waals surface area contributed by atoms with Gasteiger partial charge in [0.2, 0.25) is 0 Å². The molecule has 0 bridgehead atoms. The minimum Gasteiger partial charge on any atom is -0.328 e. The summed E-state index contributed by atoms with van der Waals surface area (Å²) in [4.78, 5) is 27.6. The van der Waals surface area contributed by atoms with Crippen molar-refractivity contribution in [1.29, 1.82) is 0 Å². The van der Waals surface area contributed by atoms with Gasteiger partial charge in [-0.1, -0.05) is 12.1 Å². The third-order valence-electron chi connectivity index (χ3n) is 3.95. The fourth-order valence-electron chi connectivity index (χ4n) is 3.01. The summed E-state index contributed by atoms with van der Waals surface area (Å²) >= 11 is 0. The van der Waals surface area contributed by atoms with Gasteiger partial charge >= 0.3 is 6.03 Å². The lowest BCUT2D eigenvalue weighted by Crippen LogP contribution is -2.33. The molecule has 20 heavy (non-hydrogen) atoms. The molecule has 0 spiro atoms. The average Bonchev–Trinajstić information content (AvgIpc) is 2.96. The Labute approximate surface area is 118 Å². The Morgan fingerprint density at radius 2 is 2.00 bits per heavy atom. The van der Waals surface area contributed by atoms with E-state index < -0.39 is 0 Å². The van der Waals surface area contributed by atoms with Gasteiger partial charge in [0.15, 0.2) is 0 Å². The number of fused-ring (bicyclic) bond motifs is 1. The maximum Gasteiger partial charge on any atom is 0.332 e. The zero-order chi connectivity index (χ0) is 14.3. The molecule has 3 amide bonds. The molecule has 106 valence electrons. The van der Waals surface area contributed by atoms with Crippen LogP contribution in [0.4, 0.5) is 10.5 Å². The molecule has 2 saturated heterocycles. The van der Waals surface area contributed by atoms with E-state index in [2.05, 4.69) is 0 Å². The summed E-state index contributed by atoms with van der Waals surface area (Å²) in [5, 5.41) is 0. The Hall–Kier alpha value is -1.88. The maximum absolute atomic E-state index is 12.3. The molecule has 2 N–H and O–H groups in total. The fourth-order valence-corrected chi connectivity index (χ4v) is 3.01. The topological polar surface area (TPSA) is 66.6 Å². The van der Waals surface area contributed by atoms with E-state index in [1.807, 2.05) is 31.2 Å². The fraction of sp³-hybridized carbons (Fsp3) is 0.467. The normalized spacial score (nSPS) is 23.4. The highest BCUT2D eigenvalue weighted by molar-refractivity contribution is 6.21. The van der Waals surface area contributed by atoms with Crippen molar-refractivity contribution in [3.05, 3.63) is 29.8 Å². The van der Waals surface area contributed by atoms with Gasteiger partial charge in [-0.2, -0.15) is 0 Å². The van der Waals surface area contributed by atoms with Crippen LogP contribution < -0.4 is 10.6 Å².